The number of benzene rings is 1. The number of alkyl halides is 3. The normalized spacial score (nSPS) is 22.6. The topological polar surface area (TPSA) is 45.0 Å². The van der Waals surface area contributed by atoms with Gasteiger partial charge in [0.1, 0.15) is 6.07 Å². The molecule has 0 spiro atoms. The fraction of sp³-hybridized carbons (Fsp3) is 0.500. The first kappa shape index (κ1) is 14.7. The number of nitriles is 1. The minimum absolute atomic E-state index is 0.00845. The molecule has 0 aliphatic carbocycles. The molecule has 0 aromatic heterocycles. The third-order valence-electron chi connectivity index (χ3n) is 3.31. The molecule has 0 saturated carbocycles. The van der Waals surface area contributed by atoms with Gasteiger partial charge in [-0.05, 0) is 38.0 Å². The molecule has 1 aromatic carbocycles. The second-order valence-corrected chi connectivity index (χ2v) is 4.90. The van der Waals surface area contributed by atoms with Gasteiger partial charge in [-0.2, -0.15) is 18.4 Å². The monoisotopic (exact) mass is 284 g/mol. The second-order valence-electron chi connectivity index (χ2n) is 4.90. The summed E-state index contributed by atoms with van der Waals surface area (Å²) in [6.45, 7) is 2.48. The van der Waals surface area contributed by atoms with Crippen LogP contribution in [0.5, 0.6) is 0 Å². The molecule has 3 nitrogen and oxygen atoms in total. The Balaban J connectivity index is 2.07. The van der Waals surface area contributed by atoms with Gasteiger partial charge >= 0.3 is 6.18 Å². The minimum Gasteiger partial charge on any atom is -0.381 e. The summed E-state index contributed by atoms with van der Waals surface area (Å²) in [5, 5.41) is 11.9. The fourth-order valence-electron chi connectivity index (χ4n) is 2.23. The maximum atomic E-state index is 12.6. The van der Waals surface area contributed by atoms with Crippen LogP contribution in [0.3, 0.4) is 0 Å². The highest BCUT2D eigenvalue weighted by atomic mass is 19.4. The molecule has 1 aliphatic rings. The van der Waals surface area contributed by atoms with Gasteiger partial charge in [0, 0.05) is 6.54 Å². The summed E-state index contributed by atoms with van der Waals surface area (Å²) in [6.07, 6.45) is -2.29. The SMILES string of the molecule is CC1CCC(CNc2ccc(C(F)(F)F)cc2C#N)O1. The molecule has 1 fully saturated rings. The Morgan fingerprint density at radius 3 is 2.70 bits per heavy atom. The van der Waals surface area contributed by atoms with Crippen molar-refractivity contribution >= 4 is 5.69 Å². The molecule has 1 N–H and O–H groups in total. The molecule has 2 rings (SSSR count). The average molecular weight is 284 g/mol. The maximum absolute atomic E-state index is 12.6. The van der Waals surface area contributed by atoms with Gasteiger partial charge in [-0.25, -0.2) is 0 Å². The zero-order chi connectivity index (χ0) is 14.8. The predicted octanol–water partition coefficient (Wildman–Crippen LogP) is 3.56. The van der Waals surface area contributed by atoms with Crippen molar-refractivity contribution in [2.75, 3.05) is 11.9 Å². The lowest BCUT2D eigenvalue weighted by Crippen LogP contribution is -2.20. The van der Waals surface area contributed by atoms with E-state index in [4.69, 9.17) is 10.00 Å². The third-order valence-corrected chi connectivity index (χ3v) is 3.31. The number of anilines is 1. The molecule has 6 heteroatoms. The number of hydrogen-bond donors (Lipinski definition) is 1. The van der Waals surface area contributed by atoms with E-state index in [0.29, 0.717) is 12.2 Å². The Hall–Kier alpha value is -1.74. The molecule has 0 radical (unpaired) electrons. The van der Waals surface area contributed by atoms with Gasteiger partial charge in [0.15, 0.2) is 0 Å². The molecule has 1 saturated heterocycles. The molecule has 0 amide bonds. The average Bonchev–Trinajstić information content (AvgIpc) is 2.81. The lowest BCUT2D eigenvalue weighted by molar-refractivity contribution is -0.137. The summed E-state index contributed by atoms with van der Waals surface area (Å²) in [4.78, 5) is 0. The van der Waals surface area contributed by atoms with E-state index < -0.39 is 11.7 Å². The van der Waals surface area contributed by atoms with Crippen LogP contribution in [0.4, 0.5) is 18.9 Å². The first-order chi connectivity index (χ1) is 9.40. The largest absolute Gasteiger partial charge is 0.416 e. The fourth-order valence-corrected chi connectivity index (χ4v) is 2.23. The Morgan fingerprint density at radius 1 is 1.40 bits per heavy atom. The summed E-state index contributed by atoms with van der Waals surface area (Å²) < 4.78 is 43.3. The van der Waals surface area contributed by atoms with Crippen LogP contribution >= 0.6 is 0 Å². The van der Waals surface area contributed by atoms with Crippen molar-refractivity contribution < 1.29 is 17.9 Å². The molecule has 2 atom stereocenters. The lowest BCUT2D eigenvalue weighted by Gasteiger charge is -2.15. The first-order valence-corrected chi connectivity index (χ1v) is 6.41. The molecular weight excluding hydrogens is 269 g/mol. The zero-order valence-electron chi connectivity index (χ0n) is 11.0. The number of nitrogens with zero attached hydrogens (tertiary/aromatic N) is 1. The smallest absolute Gasteiger partial charge is 0.381 e. The Labute approximate surface area is 115 Å². The molecule has 2 unspecified atom stereocenters. The molecule has 0 bridgehead atoms. The Morgan fingerprint density at radius 2 is 2.15 bits per heavy atom. The van der Waals surface area contributed by atoms with Crippen LogP contribution in [0.25, 0.3) is 0 Å². The highest BCUT2D eigenvalue weighted by Gasteiger charge is 2.31. The van der Waals surface area contributed by atoms with E-state index in [1.165, 1.54) is 6.07 Å². The van der Waals surface area contributed by atoms with Gasteiger partial charge < -0.3 is 10.1 Å². The summed E-state index contributed by atoms with van der Waals surface area (Å²) >= 11 is 0. The predicted molar refractivity (Wildman–Crippen MR) is 68.2 cm³/mol. The van der Waals surface area contributed by atoms with Crippen LogP contribution in [0.1, 0.15) is 30.9 Å². The van der Waals surface area contributed by atoms with Crippen molar-refractivity contribution in [3.8, 4) is 6.07 Å². The molecular formula is C14H15F3N2O. The van der Waals surface area contributed by atoms with Crippen LogP contribution in [0.15, 0.2) is 18.2 Å². The minimum atomic E-state index is -4.44. The molecule has 1 aliphatic heterocycles. The van der Waals surface area contributed by atoms with E-state index in [9.17, 15) is 13.2 Å². The summed E-state index contributed by atoms with van der Waals surface area (Å²) in [7, 11) is 0. The second kappa shape index (κ2) is 5.71. The van der Waals surface area contributed by atoms with Crippen molar-refractivity contribution in [1.82, 2.24) is 0 Å². The van der Waals surface area contributed by atoms with E-state index in [0.717, 1.165) is 25.0 Å². The van der Waals surface area contributed by atoms with Gasteiger partial charge in [0.2, 0.25) is 0 Å². The van der Waals surface area contributed by atoms with Crippen molar-refractivity contribution in [2.45, 2.75) is 38.1 Å². The molecule has 1 heterocycles. The Kier molecular flexibility index (Phi) is 4.19. The van der Waals surface area contributed by atoms with Crippen LogP contribution < -0.4 is 5.32 Å². The van der Waals surface area contributed by atoms with Crippen LogP contribution in [-0.4, -0.2) is 18.8 Å². The highest BCUT2D eigenvalue weighted by Crippen LogP contribution is 2.31. The maximum Gasteiger partial charge on any atom is 0.416 e. The van der Waals surface area contributed by atoms with Gasteiger partial charge in [0.05, 0.1) is 29.0 Å². The van der Waals surface area contributed by atoms with Gasteiger partial charge in [0.25, 0.3) is 0 Å². The van der Waals surface area contributed by atoms with E-state index in [1.807, 2.05) is 6.92 Å². The van der Waals surface area contributed by atoms with Gasteiger partial charge in [-0.3, -0.25) is 0 Å². The number of rotatable bonds is 3. The number of hydrogen-bond acceptors (Lipinski definition) is 3. The van der Waals surface area contributed by atoms with Crippen molar-refractivity contribution in [2.24, 2.45) is 0 Å². The standard InChI is InChI=1S/C14H15F3N2O/c1-9-2-4-12(20-9)8-19-13-5-3-11(14(15,16)17)6-10(13)7-18/h3,5-6,9,12,19H,2,4,8H2,1H3. The van der Waals surface area contributed by atoms with Crippen molar-refractivity contribution in [3.63, 3.8) is 0 Å². The van der Waals surface area contributed by atoms with Crippen molar-refractivity contribution in [3.05, 3.63) is 29.3 Å². The molecule has 108 valence electrons. The van der Waals surface area contributed by atoms with Crippen LogP contribution in [0, 0.1) is 11.3 Å². The van der Waals surface area contributed by atoms with Crippen LogP contribution in [-0.2, 0) is 10.9 Å². The van der Waals surface area contributed by atoms with Gasteiger partial charge in [-0.1, -0.05) is 0 Å². The summed E-state index contributed by atoms with van der Waals surface area (Å²) in [5.74, 6) is 0. The van der Waals surface area contributed by atoms with E-state index in [1.54, 1.807) is 6.07 Å². The van der Waals surface area contributed by atoms with E-state index >= 15 is 0 Å². The number of ether oxygens (including phenoxy) is 1. The molecule has 20 heavy (non-hydrogen) atoms. The number of halogens is 3. The Bertz CT molecular complexity index is 522. The van der Waals surface area contributed by atoms with E-state index in [2.05, 4.69) is 5.32 Å². The highest BCUT2D eigenvalue weighted by molar-refractivity contribution is 5.59. The summed E-state index contributed by atoms with van der Waals surface area (Å²) in [5.41, 5.74) is -0.417. The number of nitrogens with one attached hydrogen (secondary N) is 1. The molecule has 1 aromatic rings. The zero-order valence-corrected chi connectivity index (χ0v) is 11.0. The quantitative estimate of drug-likeness (QED) is 0.923. The first-order valence-electron chi connectivity index (χ1n) is 6.41. The van der Waals surface area contributed by atoms with Crippen LogP contribution in [0.2, 0.25) is 0 Å². The third kappa shape index (κ3) is 3.42. The lowest BCUT2D eigenvalue weighted by atomic mass is 10.1. The van der Waals surface area contributed by atoms with Gasteiger partial charge in [-0.15, -0.1) is 0 Å². The van der Waals surface area contributed by atoms with E-state index in [-0.39, 0.29) is 17.8 Å². The summed E-state index contributed by atoms with van der Waals surface area (Å²) in [6, 6.07) is 4.92. The van der Waals surface area contributed by atoms with Crippen molar-refractivity contribution in [1.29, 1.82) is 5.26 Å².